The van der Waals surface area contributed by atoms with Gasteiger partial charge in [0.05, 0.1) is 11.2 Å². The summed E-state index contributed by atoms with van der Waals surface area (Å²) in [5.74, 6) is 2.03. The Morgan fingerprint density at radius 2 is 2.04 bits per heavy atom. The van der Waals surface area contributed by atoms with Gasteiger partial charge in [-0.3, -0.25) is 0 Å². The van der Waals surface area contributed by atoms with Crippen LogP contribution >= 0.6 is 23.4 Å². The van der Waals surface area contributed by atoms with Gasteiger partial charge >= 0.3 is 0 Å². The van der Waals surface area contributed by atoms with Crippen LogP contribution in [0.15, 0.2) is 40.5 Å². The van der Waals surface area contributed by atoms with Gasteiger partial charge in [-0.05, 0) is 43.4 Å². The van der Waals surface area contributed by atoms with Crippen LogP contribution < -0.4 is 10.6 Å². The van der Waals surface area contributed by atoms with Gasteiger partial charge < -0.3 is 10.6 Å². The number of nitrogen functional groups attached to an aromatic ring is 1. The molecule has 1 aliphatic rings. The van der Waals surface area contributed by atoms with Gasteiger partial charge in [-0.15, -0.1) is 0 Å². The smallest absolute Gasteiger partial charge is 0.179 e. The van der Waals surface area contributed by atoms with Crippen LogP contribution in [0, 0.1) is 5.92 Å². The number of nitrogens with zero attached hydrogens (tertiary/aromatic N) is 5. The summed E-state index contributed by atoms with van der Waals surface area (Å²) in [5, 5.41) is 1.24. The molecule has 140 valence electrons. The van der Waals surface area contributed by atoms with E-state index in [1.54, 1.807) is 6.20 Å². The van der Waals surface area contributed by atoms with Crippen molar-refractivity contribution in [3.63, 3.8) is 0 Å². The van der Waals surface area contributed by atoms with Gasteiger partial charge in [-0.25, -0.2) is 19.9 Å². The Labute approximate surface area is 167 Å². The molecule has 0 saturated carbocycles. The second kappa shape index (κ2) is 7.86. The molecule has 27 heavy (non-hydrogen) atoms. The lowest BCUT2D eigenvalue weighted by Crippen LogP contribution is -2.25. The van der Waals surface area contributed by atoms with E-state index in [0.717, 1.165) is 40.3 Å². The molecule has 1 aliphatic heterocycles. The summed E-state index contributed by atoms with van der Waals surface area (Å²) in [6, 6.07) is 5.72. The van der Waals surface area contributed by atoms with Gasteiger partial charge in [0.25, 0.3) is 0 Å². The number of aromatic nitrogens is 4. The van der Waals surface area contributed by atoms with Gasteiger partial charge in [-0.1, -0.05) is 30.3 Å². The molecule has 3 aromatic rings. The molecule has 0 bridgehead atoms. The molecule has 0 amide bonds. The number of nitrogens with two attached hydrogens (primary N) is 1. The summed E-state index contributed by atoms with van der Waals surface area (Å²) in [5.41, 5.74) is 7.20. The lowest BCUT2D eigenvalue weighted by Gasteiger charge is -2.21. The summed E-state index contributed by atoms with van der Waals surface area (Å²) in [6.45, 7) is 4.39. The second-order valence-corrected chi connectivity index (χ2v) is 8.29. The molecular weight excluding hydrogens is 380 g/mol. The van der Waals surface area contributed by atoms with Gasteiger partial charge in [0.1, 0.15) is 22.2 Å². The Hall–Kier alpha value is -2.12. The minimum atomic E-state index is 0.318. The number of pyridine rings is 2. The molecule has 1 fully saturated rings. The number of halogens is 1. The molecule has 4 rings (SSSR count). The molecule has 0 radical (unpaired) electrons. The van der Waals surface area contributed by atoms with E-state index in [9.17, 15) is 0 Å². The Morgan fingerprint density at radius 1 is 1.15 bits per heavy atom. The SMILES string of the molecule is CC1CCCN(c2cnc3nc(Sc4ccnc(N)c4Cl)ccc3n2)CC1. The van der Waals surface area contributed by atoms with Crippen LogP contribution in [0.4, 0.5) is 11.6 Å². The number of rotatable bonds is 3. The molecular formula is C19H21ClN6S. The van der Waals surface area contributed by atoms with Crippen LogP contribution in [-0.4, -0.2) is 33.0 Å². The zero-order valence-corrected chi connectivity index (χ0v) is 16.7. The van der Waals surface area contributed by atoms with Crippen molar-refractivity contribution >= 4 is 46.2 Å². The van der Waals surface area contributed by atoms with Crippen LogP contribution in [0.2, 0.25) is 5.02 Å². The maximum absolute atomic E-state index is 6.22. The highest BCUT2D eigenvalue weighted by atomic mass is 35.5. The summed E-state index contributed by atoms with van der Waals surface area (Å²) >= 11 is 7.66. The third-order valence-corrected chi connectivity index (χ3v) is 6.31. The lowest BCUT2D eigenvalue weighted by molar-refractivity contribution is 0.521. The number of hydrogen-bond acceptors (Lipinski definition) is 7. The fourth-order valence-electron chi connectivity index (χ4n) is 3.21. The number of hydrogen-bond donors (Lipinski definition) is 1. The quantitative estimate of drug-likeness (QED) is 0.696. The zero-order chi connectivity index (χ0) is 18.8. The third-order valence-electron chi connectivity index (χ3n) is 4.80. The lowest BCUT2D eigenvalue weighted by atomic mass is 10.0. The van der Waals surface area contributed by atoms with E-state index in [4.69, 9.17) is 22.3 Å². The van der Waals surface area contributed by atoms with Crippen molar-refractivity contribution in [3.05, 3.63) is 35.6 Å². The molecule has 6 nitrogen and oxygen atoms in total. The standard InChI is InChI=1S/C19H21ClN6S/c1-12-3-2-9-26(10-7-12)15-11-23-19-13(24-15)4-5-16(25-19)27-14-6-8-22-18(21)17(14)20/h4-6,8,11-12H,2-3,7,9-10H2,1H3,(H2,21,22). The molecule has 8 heteroatoms. The average molecular weight is 401 g/mol. The number of anilines is 2. The predicted octanol–water partition coefficient (Wildman–Crippen LogP) is 4.43. The maximum Gasteiger partial charge on any atom is 0.179 e. The Bertz CT molecular complexity index is 966. The third kappa shape index (κ3) is 4.09. The first kappa shape index (κ1) is 18.3. The summed E-state index contributed by atoms with van der Waals surface area (Å²) in [6.07, 6.45) is 7.14. The molecule has 0 aliphatic carbocycles. The Kier molecular flexibility index (Phi) is 5.31. The highest BCUT2D eigenvalue weighted by Gasteiger charge is 2.16. The first-order chi connectivity index (χ1) is 13.1. The van der Waals surface area contributed by atoms with E-state index >= 15 is 0 Å². The minimum absolute atomic E-state index is 0.318. The summed E-state index contributed by atoms with van der Waals surface area (Å²) in [7, 11) is 0. The Balaban J connectivity index is 1.57. The highest BCUT2D eigenvalue weighted by molar-refractivity contribution is 7.99. The van der Waals surface area contributed by atoms with Crippen molar-refractivity contribution in [3.8, 4) is 0 Å². The first-order valence-corrected chi connectivity index (χ1v) is 10.3. The fourth-order valence-corrected chi connectivity index (χ4v) is 4.26. The van der Waals surface area contributed by atoms with E-state index in [-0.39, 0.29) is 0 Å². The largest absolute Gasteiger partial charge is 0.382 e. The van der Waals surface area contributed by atoms with Gasteiger partial charge in [0.15, 0.2) is 5.65 Å². The number of fused-ring (bicyclic) bond motifs is 1. The van der Waals surface area contributed by atoms with Crippen molar-refractivity contribution in [1.82, 2.24) is 19.9 Å². The molecule has 0 aromatic carbocycles. The zero-order valence-electron chi connectivity index (χ0n) is 15.1. The van der Waals surface area contributed by atoms with Crippen molar-refractivity contribution in [2.75, 3.05) is 23.7 Å². The van der Waals surface area contributed by atoms with Crippen molar-refractivity contribution < 1.29 is 0 Å². The maximum atomic E-state index is 6.22. The van der Waals surface area contributed by atoms with Crippen LogP contribution in [0.1, 0.15) is 26.2 Å². The van der Waals surface area contributed by atoms with E-state index in [0.29, 0.717) is 16.5 Å². The molecule has 4 heterocycles. The normalized spacial score (nSPS) is 17.9. The van der Waals surface area contributed by atoms with Crippen LogP contribution in [0.5, 0.6) is 0 Å². The van der Waals surface area contributed by atoms with Crippen LogP contribution in [-0.2, 0) is 0 Å². The minimum Gasteiger partial charge on any atom is -0.382 e. The average Bonchev–Trinajstić information content (AvgIpc) is 2.89. The highest BCUT2D eigenvalue weighted by Crippen LogP contribution is 2.34. The molecule has 1 saturated heterocycles. The fraction of sp³-hybridized carbons (Fsp3) is 0.368. The molecule has 1 atom stereocenters. The topological polar surface area (TPSA) is 80.8 Å². The van der Waals surface area contributed by atoms with Crippen molar-refractivity contribution in [2.24, 2.45) is 5.92 Å². The summed E-state index contributed by atoms with van der Waals surface area (Å²) < 4.78 is 0. The van der Waals surface area contributed by atoms with E-state index in [2.05, 4.69) is 26.8 Å². The van der Waals surface area contributed by atoms with Crippen LogP contribution in [0.25, 0.3) is 11.2 Å². The van der Waals surface area contributed by atoms with Crippen LogP contribution in [0.3, 0.4) is 0 Å². The van der Waals surface area contributed by atoms with Crippen molar-refractivity contribution in [2.45, 2.75) is 36.1 Å². The predicted molar refractivity (Wildman–Crippen MR) is 110 cm³/mol. The molecule has 0 spiro atoms. The Morgan fingerprint density at radius 3 is 2.93 bits per heavy atom. The van der Waals surface area contributed by atoms with E-state index in [1.165, 1.54) is 31.0 Å². The monoisotopic (exact) mass is 400 g/mol. The summed E-state index contributed by atoms with van der Waals surface area (Å²) in [4.78, 5) is 21.1. The van der Waals surface area contributed by atoms with Crippen molar-refractivity contribution in [1.29, 1.82) is 0 Å². The first-order valence-electron chi connectivity index (χ1n) is 9.07. The van der Waals surface area contributed by atoms with Gasteiger partial charge in [-0.2, -0.15) is 0 Å². The van der Waals surface area contributed by atoms with Gasteiger partial charge in [0.2, 0.25) is 0 Å². The molecule has 1 unspecified atom stereocenters. The van der Waals surface area contributed by atoms with E-state index < -0.39 is 0 Å². The van der Waals surface area contributed by atoms with Gasteiger partial charge in [0, 0.05) is 24.2 Å². The second-order valence-electron chi connectivity index (χ2n) is 6.85. The molecule has 3 aromatic heterocycles. The van der Waals surface area contributed by atoms with E-state index in [1.807, 2.05) is 24.4 Å². The molecule has 2 N–H and O–H groups in total.